The average molecular weight is 341 g/mol. The summed E-state index contributed by atoms with van der Waals surface area (Å²) < 4.78 is 0. The molecule has 3 N–H and O–H groups in total. The van der Waals surface area contributed by atoms with E-state index in [1.807, 2.05) is 13.0 Å². The van der Waals surface area contributed by atoms with E-state index in [0.29, 0.717) is 15.7 Å². The molecule has 0 saturated carbocycles. The lowest BCUT2D eigenvalue weighted by molar-refractivity contribution is -0.113. The van der Waals surface area contributed by atoms with Crippen LogP contribution in [0.1, 0.15) is 5.56 Å². The molecule has 0 aliphatic rings. The standard InChI is InChI=1S/C15H14Cl2N2OS/c1-9-6-10(16)2-4-13(9)19-15(20)8-21-14-5-3-11(18)7-12(14)17/h2-7H,8,18H2,1H3,(H,19,20). The van der Waals surface area contributed by atoms with E-state index < -0.39 is 0 Å². The van der Waals surface area contributed by atoms with Gasteiger partial charge in [-0.1, -0.05) is 23.2 Å². The number of carbonyl (C=O) groups excluding carboxylic acids is 1. The fraction of sp³-hybridized carbons (Fsp3) is 0.133. The van der Waals surface area contributed by atoms with Gasteiger partial charge in [-0.15, -0.1) is 11.8 Å². The molecule has 0 aliphatic heterocycles. The highest BCUT2D eigenvalue weighted by atomic mass is 35.5. The molecule has 6 heteroatoms. The summed E-state index contributed by atoms with van der Waals surface area (Å²) in [5.41, 5.74) is 7.91. The Labute approximate surface area is 137 Å². The Morgan fingerprint density at radius 2 is 2.00 bits per heavy atom. The van der Waals surface area contributed by atoms with Gasteiger partial charge in [0.05, 0.1) is 10.8 Å². The van der Waals surface area contributed by atoms with Crippen molar-refractivity contribution in [2.24, 2.45) is 0 Å². The van der Waals surface area contributed by atoms with Crippen LogP contribution in [0.5, 0.6) is 0 Å². The highest BCUT2D eigenvalue weighted by molar-refractivity contribution is 8.00. The number of rotatable bonds is 4. The first-order valence-corrected chi connectivity index (χ1v) is 7.93. The van der Waals surface area contributed by atoms with Gasteiger partial charge >= 0.3 is 0 Å². The number of thioether (sulfide) groups is 1. The summed E-state index contributed by atoms with van der Waals surface area (Å²) in [5, 5.41) is 4.05. The maximum atomic E-state index is 12.0. The van der Waals surface area contributed by atoms with Crippen molar-refractivity contribution in [1.82, 2.24) is 0 Å². The van der Waals surface area contributed by atoms with Gasteiger partial charge in [0.1, 0.15) is 0 Å². The maximum Gasteiger partial charge on any atom is 0.234 e. The second kappa shape index (κ2) is 7.07. The first-order valence-electron chi connectivity index (χ1n) is 6.19. The number of nitrogens with one attached hydrogen (secondary N) is 1. The van der Waals surface area contributed by atoms with Gasteiger partial charge in [0.2, 0.25) is 5.91 Å². The molecule has 0 unspecified atom stereocenters. The fourth-order valence-corrected chi connectivity index (χ4v) is 3.03. The number of benzene rings is 2. The lowest BCUT2D eigenvalue weighted by atomic mass is 10.2. The van der Waals surface area contributed by atoms with Gasteiger partial charge in [0, 0.05) is 21.3 Å². The Morgan fingerprint density at radius 1 is 1.24 bits per heavy atom. The maximum absolute atomic E-state index is 12.0. The van der Waals surface area contributed by atoms with Gasteiger partial charge in [0.25, 0.3) is 0 Å². The van der Waals surface area contributed by atoms with Crippen molar-refractivity contribution in [3.8, 4) is 0 Å². The Bertz CT molecular complexity index is 677. The number of nitrogen functional groups attached to an aromatic ring is 1. The van der Waals surface area contributed by atoms with E-state index in [9.17, 15) is 4.79 Å². The molecule has 0 heterocycles. The van der Waals surface area contributed by atoms with Gasteiger partial charge in [-0.25, -0.2) is 0 Å². The van der Waals surface area contributed by atoms with Crippen LogP contribution in [-0.4, -0.2) is 11.7 Å². The highest BCUT2D eigenvalue weighted by Gasteiger charge is 2.08. The molecule has 2 aromatic carbocycles. The summed E-state index contributed by atoms with van der Waals surface area (Å²) in [4.78, 5) is 12.8. The van der Waals surface area contributed by atoms with E-state index in [1.54, 1.807) is 30.3 Å². The predicted molar refractivity (Wildman–Crippen MR) is 91.4 cm³/mol. The van der Waals surface area contributed by atoms with Crippen LogP contribution in [0.25, 0.3) is 0 Å². The zero-order valence-corrected chi connectivity index (χ0v) is 13.6. The van der Waals surface area contributed by atoms with Crippen molar-refractivity contribution in [3.63, 3.8) is 0 Å². The van der Waals surface area contributed by atoms with Crippen molar-refractivity contribution in [2.45, 2.75) is 11.8 Å². The second-order valence-electron chi connectivity index (χ2n) is 4.49. The topological polar surface area (TPSA) is 55.1 Å². The molecular formula is C15H14Cl2N2OS. The number of halogens is 2. The molecule has 110 valence electrons. The van der Waals surface area contributed by atoms with E-state index in [-0.39, 0.29) is 11.7 Å². The molecule has 0 fully saturated rings. The highest BCUT2D eigenvalue weighted by Crippen LogP contribution is 2.29. The second-order valence-corrected chi connectivity index (χ2v) is 6.35. The van der Waals surface area contributed by atoms with Crippen molar-refractivity contribution < 1.29 is 4.79 Å². The van der Waals surface area contributed by atoms with E-state index in [0.717, 1.165) is 16.1 Å². The Balaban J connectivity index is 1.96. The minimum absolute atomic E-state index is 0.0988. The molecule has 0 saturated heterocycles. The van der Waals surface area contributed by atoms with Crippen LogP contribution >= 0.6 is 35.0 Å². The lowest BCUT2D eigenvalue weighted by Crippen LogP contribution is -2.14. The number of anilines is 2. The molecule has 1 amide bonds. The van der Waals surface area contributed by atoms with Gasteiger partial charge in [-0.05, 0) is 48.9 Å². The average Bonchev–Trinajstić information content (AvgIpc) is 2.41. The smallest absolute Gasteiger partial charge is 0.234 e. The summed E-state index contributed by atoms with van der Waals surface area (Å²) in [5.74, 6) is 0.171. The molecule has 0 radical (unpaired) electrons. The number of carbonyl (C=O) groups is 1. The number of hydrogen-bond donors (Lipinski definition) is 2. The van der Waals surface area contributed by atoms with Gasteiger partial charge in [-0.2, -0.15) is 0 Å². The summed E-state index contributed by atoms with van der Waals surface area (Å²) >= 11 is 13.3. The quantitative estimate of drug-likeness (QED) is 0.630. The third-order valence-electron chi connectivity index (χ3n) is 2.78. The van der Waals surface area contributed by atoms with Gasteiger partial charge < -0.3 is 11.1 Å². The molecule has 0 aliphatic carbocycles. The van der Waals surface area contributed by atoms with Crippen LogP contribution in [0, 0.1) is 6.92 Å². The summed E-state index contributed by atoms with van der Waals surface area (Å²) in [6, 6.07) is 10.6. The minimum Gasteiger partial charge on any atom is -0.399 e. The van der Waals surface area contributed by atoms with Crippen LogP contribution < -0.4 is 11.1 Å². The van der Waals surface area contributed by atoms with E-state index >= 15 is 0 Å². The van der Waals surface area contributed by atoms with Crippen molar-refractivity contribution in [1.29, 1.82) is 0 Å². The number of hydrogen-bond acceptors (Lipinski definition) is 3. The Hall–Kier alpha value is -1.36. The minimum atomic E-state index is -0.0988. The summed E-state index contributed by atoms with van der Waals surface area (Å²) in [7, 11) is 0. The Kier molecular flexibility index (Phi) is 5.39. The van der Waals surface area contributed by atoms with Crippen molar-refractivity contribution in [2.75, 3.05) is 16.8 Å². The first-order chi connectivity index (χ1) is 9.95. The van der Waals surface area contributed by atoms with Crippen molar-refractivity contribution in [3.05, 3.63) is 52.0 Å². The van der Waals surface area contributed by atoms with Crippen LogP contribution in [0.3, 0.4) is 0 Å². The molecule has 0 spiro atoms. The normalized spacial score (nSPS) is 10.4. The Morgan fingerprint density at radius 3 is 2.67 bits per heavy atom. The molecule has 2 aromatic rings. The molecule has 0 atom stereocenters. The zero-order valence-electron chi connectivity index (χ0n) is 11.3. The zero-order chi connectivity index (χ0) is 15.4. The van der Waals surface area contributed by atoms with Crippen LogP contribution in [0.15, 0.2) is 41.3 Å². The van der Waals surface area contributed by atoms with Gasteiger partial charge in [0.15, 0.2) is 0 Å². The summed E-state index contributed by atoms with van der Waals surface area (Å²) in [6.07, 6.45) is 0. The largest absolute Gasteiger partial charge is 0.399 e. The summed E-state index contributed by atoms with van der Waals surface area (Å²) in [6.45, 7) is 1.89. The number of nitrogens with two attached hydrogens (primary N) is 1. The van der Waals surface area contributed by atoms with Crippen molar-refractivity contribution >= 4 is 52.2 Å². The van der Waals surface area contributed by atoms with E-state index in [4.69, 9.17) is 28.9 Å². The first kappa shape index (κ1) is 16.0. The SMILES string of the molecule is Cc1cc(Cl)ccc1NC(=O)CSc1ccc(N)cc1Cl. The molecule has 0 aromatic heterocycles. The molecular weight excluding hydrogens is 327 g/mol. The third-order valence-corrected chi connectivity index (χ3v) is 4.51. The lowest BCUT2D eigenvalue weighted by Gasteiger charge is -2.09. The molecule has 21 heavy (non-hydrogen) atoms. The van der Waals surface area contributed by atoms with E-state index in [1.165, 1.54) is 11.8 Å². The molecule has 3 nitrogen and oxygen atoms in total. The van der Waals surface area contributed by atoms with Crippen LogP contribution in [0.2, 0.25) is 10.0 Å². The van der Waals surface area contributed by atoms with E-state index in [2.05, 4.69) is 5.32 Å². The molecule has 2 rings (SSSR count). The fourth-order valence-electron chi connectivity index (χ4n) is 1.73. The predicted octanol–water partition coefficient (Wildman–Crippen LogP) is 4.61. The molecule has 0 bridgehead atoms. The van der Waals surface area contributed by atoms with Gasteiger partial charge in [-0.3, -0.25) is 4.79 Å². The monoisotopic (exact) mass is 340 g/mol. The number of aryl methyl sites for hydroxylation is 1. The van der Waals surface area contributed by atoms with Crippen LogP contribution in [0.4, 0.5) is 11.4 Å². The number of amides is 1. The van der Waals surface area contributed by atoms with Crippen LogP contribution in [-0.2, 0) is 4.79 Å². The third kappa shape index (κ3) is 4.56.